The first-order valence-electron chi connectivity index (χ1n) is 4.83. The average Bonchev–Trinajstić information content (AvgIpc) is 2.40. The number of fused-ring (bicyclic) bond motifs is 1. The second-order valence-corrected chi connectivity index (χ2v) is 4.96. The third-order valence-electron chi connectivity index (χ3n) is 3.06. The number of rotatable bonds is 0. The quantitative estimate of drug-likeness (QED) is 0.589. The number of nitrogens with zero attached hydrogens (tertiary/aromatic N) is 1. The maximum Gasteiger partial charge on any atom is 0.129 e. The van der Waals surface area contributed by atoms with Crippen molar-refractivity contribution < 1.29 is 4.74 Å². The lowest BCUT2D eigenvalue weighted by atomic mass is 9.96. The summed E-state index contributed by atoms with van der Waals surface area (Å²) in [5, 5.41) is 0. The molecule has 0 aliphatic carbocycles. The fourth-order valence-electron chi connectivity index (χ4n) is 2.34. The van der Waals surface area contributed by atoms with Crippen molar-refractivity contribution in [3.8, 4) is 0 Å². The highest BCUT2D eigenvalue weighted by Crippen LogP contribution is 2.48. The van der Waals surface area contributed by atoms with E-state index in [4.69, 9.17) is 4.74 Å². The largest absolute Gasteiger partial charge is 0.360 e. The third kappa shape index (κ3) is 0.974. The van der Waals surface area contributed by atoms with Gasteiger partial charge in [0.15, 0.2) is 0 Å². The van der Waals surface area contributed by atoms with Gasteiger partial charge >= 0.3 is 0 Å². The van der Waals surface area contributed by atoms with Gasteiger partial charge in [0.1, 0.15) is 5.60 Å². The lowest BCUT2D eigenvalue weighted by Crippen LogP contribution is -2.45. The minimum atomic E-state index is 0.0241. The van der Waals surface area contributed by atoms with E-state index in [-0.39, 0.29) is 5.60 Å². The average molecular weight is 195 g/mol. The van der Waals surface area contributed by atoms with E-state index >= 15 is 0 Å². The molecule has 1 atom stereocenters. The van der Waals surface area contributed by atoms with E-state index in [1.54, 1.807) is 0 Å². The van der Waals surface area contributed by atoms with Crippen molar-refractivity contribution >= 4 is 18.0 Å². The highest BCUT2D eigenvalue weighted by atomic mass is 32.2. The molecule has 3 aliphatic heterocycles. The molecule has 1 unspecified atom stereocenters. The molecule has 0 N–H and O–H groups in total. The van der Waals surface area contributed by atoms with E-state index in [0.29, 0.717) is 6.10 Å². The van der Waals surface area contributed by atoms with Crippen LogP contribution in [0.4, 0.5) is 0 Å². The summed E-state index contributed by atoms with van der Waals surface area (Å²) in [6.45, 7) is 2.16. The molecule has 0 aromatic rings. The maximum atomic E-state index is 6.02. The maximum absolute atomic E-state index is 6.02. The molecule has 13 heavy (non-hydrogen) atoms. The molecule has 3 heteroatoms. The lowest BCUT2D eigenvalue weighted by molar-refractivity contribution is 0.000494. The molecule has 0 aromatic heterocycles. The molecule has 0 saturated carbocycles. The predicted octanol–water partition coefficient (Wildman–Crippen LogP) is 2.01. The molecule has 0 aromatic carbocycles. The smallest absolute Gasteiger partial charge is 0.129 e. The van der Waals surface area contributed by atoms with E-state index in [0.717, 1.165) is 24.3 Å². The van der Waals surface area contributed by atoms with Gasteiger partial charge in [0, 0.05) is 17.7 Å². The van der Waals surface area contributed by atoms with Gasteiger partial charge < -0.3 is 4.74 Å². The number of aliphatic imine (C=N–C) groups is 1. The van der Waals surface area contributed by atoms with Crippen LogP contribution in [-0.2, 0) is 4.74 Å². The molecule has 0 radical (unpaired) electrons. The summed E-state index contributed by atoms with van der Waals surface area (Å²) in [6, 6.07) is 0. The van der Waals surface area contributed by atoms with E-state index in [1.807, 2.05) is 18.0 Å². The third-order valence-corrected chi connectivity index (χ3v) is 4.40. The van der Waals surface area contributed by atoms with E-state index in [2.05, 4.69) is 11.9 Å². The second-order valence-electron chi connectivity index (χ2n) is 3.97. The van der Waals surface area contributed by atoms with Gasteiger partial charge in [0.05, 0.1) is 11.8 Å². The van der Waals surface area contributed by atoms with Gasteiger partial charge in [0.25, 0.3) is 0 Å². The van der Waals surface area contributed by atoms with Gasteiger partial charge in [0.2, 0.25) is 0 Å². The second kappa shape index (κ2) is 2.61. The van der Waals surface area contributed by atoms with Crippen LogP contribution < -0.4 is 0 Å². The molecule has 70 valence electrons. The van der Waals surface area contributed by atoms with Crippen molar-refractivity contribution in [3.63, 3.8) is 0 Å². The number of hydrogen-bond acceptors (Lipinski definition) is 3. The van der Waals surface area contributed by atoms with Gasteiger partial charge in [-0.15, -0.1) is 0 Å². The van der Waals surface area contributed by atoms with Crippen molar-refractivity contribution in [3.05, 3.63) is 11.3 Å². The van der Waals surface area contributed by atoms with Crippen molar-refractivity contribution in [2.24, 2.45) is 4.99 Å². The van der Waals surface area contributed by atoms with Crippen LogP contribution in [0.25, 0.3) is 0 Å². The molecular formula is C10H13NOS. The first kappa shape index (κ1) is 8.06. The van der Waals surface area contributed by atoms with Crippen LogP contribution in [0.1, 0.15) is 19.8 Å². The monoisotopic (exact) mass is 195 g/mol. The Morgan fingerprint density at radius 1 is 1.62 bits per heavy atom. The van der Waals surface area contributed by atoms with Crippen molar-refractivity contribution in [1.82, 2.24) is 0 Å². The molecule has 1 spiro atoms. The van der Waals surface area contributed by atoms with E-state index < -0.39 is 0 Å². The van der Waals surface area contributed by atoms with E-state index in [9.17, 15) is 0 Å². The summed E-state index contributed by atoms with van der Waals surface area (Å²) in [7, 11) is 0. The molecule has 2 nitrogen and oxygen atoms in total. The summed E-state index contributed by atoms with van der Waals surface area (Å²) in [6.07, 6.45) is 4.61. The fraction of sp³-hybridized carbons (Fsp3) is 0.700. The number of ether oxygens (including phenoxy) is 1. The summed E-state index contributed by atoms with van der Waals surface area (Å²) < 4.78 is 6.02. The van der Waals surface area contributed by atoms with Crippen LogP contribution in [0.5, 0.6) is 0 Å². The van der Waals surface area contributed by atoms with Crippen molar-refractivity contribution in [2.45, 2.75) is 31.5 Å². The lowest BCUT2D eigenvalue weighted by Gasteiger charge is -2.38. The molecule has 1 saturated heterocycles. The van der Waals surface area contributed by atoms with Gasteiger partial charge in [-0.25, -0.2) is 0 Å². The zero-order valence-electron chi connectivity index (χ0n) is 7.75. The van der Waals surface area contributed by atoms with Crippen LogP contribution in [0.2, 0.25) is 0 Å². The molecule has 3 heterocycles. The highest BCUT2D eigenvalue weighted by Gasteiger charge is 2.50. The Hall–Kier alpha value is -0.280. The molecule has 1 fully saturated rings. The number of hydrogen-bond donors (Lipinski definition) is 0. The highest BCUT2D eigenvalue weighted by molar-refractivity contribution is 8.00. The Morgan fingerprint density at radius 2 is 2.46 bits per heavy atom. The van der Waals surface area contributed by atoms with Gasteiger partial charge in [-0.3, -0.25) is 4.99 Å². The summed E-state index contributed by atoms with van der Waals surface area (Å²) in [5.74, 6) is 2.21. The van der Waals surface area contributed by atoms with Gasteiger partial charge in [-0.1, -0.05) is 0 Å². The Labute approximate surface area is 82.4 Å². The van der Waals surface area contributed by atoms with Crippen molar-refractivity contribution in [1.29, 1.82) is 0 Å². The summed E-state index contributed by atoms with van der Waals surface area (Å²) in [5.41, 5.74) is 2.75. The standard InChI is InChI=1S/C10H13NOS/c1-7-8-3-2-4-11-9(8)10(12-7)5-13-6-10/h4,7H,2-3,5-6H2,1H3. The Kier molecular flexibility index (Phi) is 1.62. The Balaban J connectivity index is 2.03. The van der Waals surface area contributed by atoms with Crippen LogP contribution in [0, 0.1) is 0 Å². The summed E-state index contributed by atoms with van der Waals surface area (Å²) in [4.78, 5) is 4.53. The Bertz CT molecular complexity index is 304. The van der Waals surface area contributed by atoms with Crippen molar-refractivity contribution in [2.75, 3.05) is 11.5 Å². The predicted molar refractivity (Wildman–Crippen MR) is 55.4 cm³/mol. The molecule has 3 rings (SSSR count). The minimum absolute atomic E-state index is 0.0241. The zero-order valence-corrected chi connectivity index (χ0v) is 8.56. The molecular weight excluding hydrogens is 182 g/mol. The SMILES string of the molecule is CC1OC2(CSC2)C2=C1CCC=N2. The minimum Gasteiger partial charge on any atom is -0.360 e. The fourth-order valence-corrected chi connectivity index (χ4v) is 3.33. The molecule has 0 amide bonds. The van der Waals surface area contributed by atoms with Gasteiger partial charge in [-0.2, -0.15) is 11.8 Å². The molecule has 3 aliphatic rings. The summed E-state index contributed by atoms with van der Waals surface area (Å²) >= 11 is 1.96. The van der Waals surface area contributed by atoms with E-state index in [1.165, 1.54) is 11.3 Å². The molecule has 0 bridgehead atoms. The van der Waals surface area contributed by atoms with Crippen LogP contribution in [0.15, 0.2) is 16.3 Å². The zero-order chi connectivity index (χ0) is 8.89. The van der Waals surface area contributed by atoms with Crippen LogP contribution in [0.3, 0.4) is 0 Å². The first-order valence-corrected chi connectivity index (χ1v) is 5.99. The topological polar surface area (TPSA) is 21.6 Å². The number of thioether (sulfide) groups is 1. The first-order chi connectivity index (χ1) is 6.32. The Morgan fingerprint density at radius 3 is 3.15 bits per heavy atom. The van der Waals surface area contributed by atoms with Crippen LogP contribution >= 0.6 is 11.8 Å². The normalized spacial score (nSPS) is 35.0. The van der Waals surface area contributed by atoms with Gasteiger partial charge in [-0.05, 0) is 25.3 Å². The van der Waals surface area contributed by atoms with Crippen LogP contribution in [-0.4, -0.2) is 29.4 Å².